The van der Waals surface area contributed by atoms with E-state index in [1.54, 1.807) is 24.3 Å². The Balaban J connectivity index is 1.51. The highest BCUT2D eigenvalue weighted by Gasteiger charge is 2.44. The zero-order chi connectivity index (χ0) is 26.1. The van der Waals surface area contributed by atoms with E-state index in [-0.39, 0.29) is 40.9 Å². The number of amides is 1. The largest absolute Gasteiger partial charge is 0.385 e. The van der Waals surface area contributed by atoms with E-state index in [1.807, 2.05) is 36.5 Å². The minimum atomic E-state index is -1.28. The van der Waals surface area contributed by atoms with Gasteiger partial charge in [-0.25, -0.2) is 0 Å². The molecule has 2 aliphatic heterocycles. The number of aliphatic hydroxyl groups excluding tert-OH is 1. The number of rotatable bonds is 13. The van der Waals surface area contributed by atoms with Crippen LogP contribution in [0.2, 0.25) is 0 Å². The summed E-state index contributed by atoms with van der Waals surface area (Å²) in [5, 5.41) is 16.9. The fourth-order valence-corrected chi connectivity index (χ4v) is 8.16. The molecule has 7 nitrogen and oxygen atoms in total. The van der Waals surface area contributed by atoms with Crippen molar-refractivity contribution < 1.29 is 24.3 Å². The molecule has 9 heteroatoms. The Morgan fingerprint density at radius 1 is 1.14 bits per heavy atom. The van der Waals surface area contributed by atoms with Crippen molar-refractivity contribution in [1.29, 1.82) is 0 Å². The first-order valence-electron chi connectivity index (χ1n) is 12.8. The molecule has 2 fully saturated rings. The van der Waals surface area contributed by atoms with E-state index in [9.17, 15) is 24.3 Å². The summed E-state index contributed by atoms with van der Waals surface area (Å²) < 4.78 is 0.0676. The highest BCUT2D eigenvalue weighted by Crippen LogP contribution is 2.47. The molecule has 0 aliphatic carbocycles. The predicted molar refractivity (Wildman–Crippen MR) is 145 cm³/mol. The molecule has 1 spiro atoms. The Hall–Kier alpha value is -1.68. The van der Waals surface area contributed by atoms with E-state index in [0.29, 0.717) is 12.0 Å². The average molecular weight is 535 g/mol. The summed E-state index contributed by atoms with van der Waals surface area (Å²) >= 11 is 3.87. The van der Waals surface area contributed by atoms with Crippen LogP contribution in [0.3, 0.4) is 0 Å². The first-order chi connectivity index (χ1) is 17.2. The third-order valence-corrected chi connectivity index (χ3v) is 10.2. The highest BCUT2D eigenvalue weighted by atomic mass is 32.2. The van der Waals surface area contributed by atoms with Gasteiger partial charge in [-0.05, 0) is 49.2 Å². The lowest BCUT2D eigenvalue weighted by molar-refractivity contribution is -0.134. The van der Waals surface area contributed by atoms with Gasteiger partial charge < -0.3 is 15.7 Å². The zero-order valence-corrected chi connectivity index (χ0v) is 22.8. The van der Waals surface area contributed by atoms with Crippen LogP contribution in [0.5, 0.6) is 0 Å². The molecule has 198 valence electrons. The lowest BCUT2D eigenvalue weighted by Gasteiger charge is -2.31. The maximum Gasteiger partial charge on any atom is 0.221 e. The van der Waals surface area contributed by atoms with E-state index < -0.39 is 29.8 Å². The van der Waals surface area contributed by atoms with Gasteiger partial charge >= 0.3 is 0 Å². The summed E-state index contributed by atoms with van der Waals surface area (Å²) in [4.78, 5) is 50.4. The molecule has 0 radical (unpaired) electrons. The van der Waals surface area contributed by atoms with E-state index in [1.165, 1.54) is 13.3 Å². The Kier molecular flexibility index (Phi) is 11.0. The summed E-state index contributed by atoms with van der Waals surface area (Å²) in [6.45, 7) is 4.18. The third kappa shape index (κ3) is 7.91. The fraction of sp³-hybridized carbons (Fsp3) is 0.630. The number of Topliss-reactive ketones (excluding diaryl/α,β-unsaturated/α-hetero) is 3. The van der Waals surface area contributed by atoms with E-state index >= 15 is 0 Å². The number of ketones is 3. The second-order valence-electron chi connectivity index (χ2n) is 9.75. The second-order valence-corrected chi connectivity index (χ2v) is 13.0. The van der Waals surface area contributed by atoms with Crippen molar-refractivity contribution in [3.05, 3.63) is 35.9 Å². The summed E-state index contributed by atoms with van der Waals surface area (Å²) in [5.74, 6) is 0.761. The van der Waals surface area contributed by atoms with Crippen LogP contribution in [-0.2, 0) is 19.2 Å². The predicted octanol–water partition coefficient (Wildman–Crippen LogP) is 3.45. The van der Waals surface area contributed by atoms with Gasteiger partial charge in [0.05, 0.1) is 10.1 Å². The van der Waals surface area contributed by atoms with Gasteiger partial charge in [-0.15, -0.1) is 23.5 Å². The van der Waals surface area contributed by atoms with Crippen molar-refractivity contribution in [2.24, 2.45) is 5.92 Å². The van der Waals surface area contributed by atoms with Gasteiger partial charge in [-0.2, -0.15) is 0 Å². The van der Waals surface area contributed by atoms with Gasteiger partial charge in [-0.3, -0.25) is 19.2 Å². The number of thioether (sulfide) groups is 2. The zero-order valence-electron chi connectivity index (χ0n) is 21.2. The number of benzene rings is 1. The molecular weight excluding hydrogens is 496 g/mol. The molecule has 2 saturated heterocycles. The van der Waals surface area contributed by atoms with Gasteiger partial charge in [0.1, 0.15) is 17.9 Å². The van der Waals surface area contributed by atoms with Crippen molar-refractivity contribution in [3.63, 3.8) is 0 Å². The number of carbonyl (C=O) groups is 4. The summed E-state index contributed by atoms with van der Waals surface area (Å²) in [6.07, 6.45) is 1.88. The van der Waals surface area contributed by atoms with Crippen LogP contribution in [-0.4, -0.2) is 62.6 Å². The van der Waals surface area contributed by atoms with Crippen LogP contribution in [0.15, 0.2) is 30.3 Å². The van der Waals surface area contributed by atoms with Crippen molar-refractivity contribution in [2.45, 2.75) is 81.1 Å². The lowest BCUT2D eigenvalue weighted by Crippen LogP contribution is -2.37. The van der Waals surface area contributed by atoms with Gasteiger partial charge in [0.25, 0.3) is 0 Å². The van der Waals surface area contributed by atoms with Crippen LogP contribution in [0, 0.1) is 5.92 Å². The average Bonchev–Trinajstić information content (AvgIpc) is 3.29. The van der Waals surface area contributed by atoms with Gasteiger partial charge in [-0.1, -0.05) is 43.7 Å². The minimum Gasteiger partial charge on any atom is -0.385 e. The molecule has 0 bridgehead atoms. The Bertz CT molecular complexity index is 920. The Morgan fingerprint density at radius 3 is 2.47 bits per heavy atom. The monoisotopic (exact) mass is 534 g/mol. The third-order valence-electron chi connectivity index (χ3n) is 6.88. The van der Waals surface area contributed by atoms with Crippen molar-refractivity contribution in [1.82, 2.24) is 10.6 Å². The Labute approximate surface area is 222 Å². The standard InChI is InChI=1S/C27H38N2O5S2/c1-3-8-20(15-23(32)21-16-27(17-28-21)35-13-7-14-36-27)26(34)22(31)11-12-24(33)29-25(18(2)30)19-9-5-4-6-10-19/h4-6,9-10,20-21,25-26,28,34H,3,7-8,11-17H2,1-2H3,(H,29,33)/t20?,21-,25+,26?/m0/s1. The van der Waals surface area contributed by atoms with Gasteiger partial charge in [0.15, 0.2) is 11.6 Å². The van der Waals surface area contributed by atoms with Crippen LogP contribution in [0.1, 0.15) is 70.4 Å². The van der Waals surface area contributed by atoms with Crippen LogP contribution in [0.25, 0.3) is 0 Å². The van der Waals surface area contributed by atoms with Gasteiger partial charge in [0.2, 0.25) is 5.91 Å². The molecule has 36 heavy (non-hydrogen) atoms. The minimum absolute atomic E-state index is 0.0499. The summed E-state index contributed by atoms with van der Waals surface area (Å²) in [7, 11) is 0. The maximum absolute atomic E-state index is 13.1. The molecule has 2 aliphatic rings. The van der Waals surface area contributed by atoms with Crippen molar-refractivity contribution in [3.8, 4) is 0 Å². The molecule has 3 rings (SSSR count). The number of hydrogen-bond acceptors (Lipinski definition) is 8. The molecule has 1 aromatic carbocycles. The molecular formula is C27H38N2O5S2. The number of nitrogens with one attached hydrogen (secondary N) is 2. The number of carbonyl (C=O) groups excluding carboxylic acids is 4. The Morgan fingerprint density at radius 2 is 1.83 bits per heavy atom. The number of aliphatic hydroxyl groups is 1. The molecule has 0 saturated carbocycles. The van der Waals surface area contributed by atoms with E-state index in [2.05, 4.69) is 10.6 Å². The first kappa shape index (κ1) is 28.9. The molecule has 0 aromatic heterocycles. The number of hydrogen-bond donors (Lipinski definition) is 3. The van der Waals surface area contributed by atoms with E-state index in [0.717, 1.165) is 30.9 Å². The summed E-state index contributed by atoms with van der Waals surface area (Å²) in [5.41, 5.74) is 0.679. The molecule has 2 heterocycles. The topological polar surface area (TPSA) is 113 Å². The lowest BCUT2D eigenvalue weighted by atomic mass is 9.86. The van der Waals surface area contributed by atoms with Crippen molar-refractivity contribution >= 4 is 46.8 Å². The van der Waals surface area contributed by atoms with Crippen LogP contribution >= 0.6 is 23.5 Å². The quantitative estimate of drug-likeness (QED) is 0.353. The molecule has 2 unspecified atom stereocenters. The molecule has 3 N–H and O–H groups in total. The smallest absolute Gasteiger partial charge is 0.221 e. The maximum atomic E-state index is 13.1. The van der Waals surface area contributed by atoms with Gasteiger partial charge in [0, 0.05) is 25.8 Å². The van der Waals surface area contributed by atoms with Crippen molar-refractivity contribution in [2.75, 3.05) is 18.1 Å². The fourth-order valence-electron chi connectivity index (χ4n) is 4.89. The van der Waals surface area contributed by atoms with Crippen LogP contribution < -0.4 is 10.6 Å². The van der Waals surface area contributed by atoms with Crippen LogP contribution in [0.4, 0.5) is 0 Å². The molecule has 1 amide bonds. The normalized spacial score (nSPS) is 21.5. The SMILES string of the molecule is CCCC(CC(=O)[C@@H]1CC2(CN1)SCCCS2)C(O)C(=O)CCC(=O)N[C@H](C(C)=O)c1ccccc1. The highest BCUT2D eigenvalue weighted by molar-refractivity contribution is 8.18. The molecule has 4 atom stereocenters. The first-order valence-corrected chi connectivity index (χ1v) is 14.8. The van der Waals surface area contributed by atoms with E-state index in [4.69, 9.17) is 0 Å². The second kappa shape index (κ2) is 13.7. The molecule has 1 aromatic rings. The summed E-state index contributed by atoms with van der Waals surface area (Å²) in [6, 6.07) is 7.93.